The number of aliphatic hydroxyl groups excluding tert-OH is 1. The minimum absolute atomic E-state index is 0.150. The zero-order chi connectivity index (χ0) is 15.6. The van der Waals surface area contributed by atoms with E-state index in [1.54, 1.807) is 0 Å². The summed E-state index contributed by atoms with van der Waals surface area (Å²) in [6.45, 7) is 3.89. The van der Waals surface area contributed by atoms with Crippen molar-refractivity contribution >= 4 is 0 Å². The third-order valence-corrected chi connectivity index (χ3v) is 3.47. The van der Waals surface area contributed by atoms with E-state index in [0.717, 1.165) is 24.1 Å². The van der Waals surface area contributed by atoms with Crippen LogP contribution in [0, 0.1) is 0 Å². The lowest BCUT2D eigenvalue weighted by Crippen LogP contribution is -2.31. The molecule has 0 radical (unpaired) electrons. The SMILES string of the molecule is CCCNC[C@H](O)COC(c1ccccc1)c1ccccc1. The van der Waals surface area contributed by atoms with Gasteiger partial charge < -0.3 is 15.2 Å². The first-order chi connectivity index (χ1) is 10.8. The summed E-state index contributed by atoms with van der Waals surface area (Å²) in [5.74, 6) is 0. The summed E-state index contributed by atoms with van der Waals surface area (Å²) < 4.78 is 6.02. The Kier molecular flexibility index (Phi) is 7.10. The molecule has 2 aromatic rings. The highest BCUT2D eigenvalue weighted by molar-refractivity contribution is 5.29. The second-order valence-electron chi connectivity index (χ2n) is 5.39. The van der Waals surface area contributed by atoms with Gasteiger partial charge in [0, 0.05) is 6.54 Å². The van der Waals surface area contributed by atoms with E-state index >= 15 is 0 Å². The van der Waals surface area contributed by atoms with Crippen molar-refractivity contribution in [1.29, 1.82) is 0 Å². The third-order valence-electron chi connectivity index (χ3n) is 3.47. The fourth-order valence-electron chi connectivity index (χ4n) is 2.35. The average Bonchev–Trinajstić information content (AvgIpc) is 2.57. The van der Waals surface area contributed by atoms with Gasteiger partial charge in [0.05, 0.1) is 12.7 Å². The third kappa shape index (κ3) is 5.26. The maximum atomic E-state index is 10.0. The fraction of sp³-hybridized carbons (Fsp3) is 0.368. The first-order valence-corrected chi connectivity index (χ1v) is 7.91. The molecule has 2 rings (SSSR count). The van der Waals surface area contributed by atoms with Crippen LogP contribution in [0.1, 0.15) is 30.6 Å². The standard InChI is InChI=1S/C19H25NO2/c1-2-13-20-14-18(21)15-22-19(16-9-5-3-6-10-16)17-11-7-4-8-12-17/h3-12,18-21H,2,13-15H2,1H3/t18-/m0/s1. The fourth-order valence-corrected chi connectivity index (χ4v) is 2.35. The highest BCUT2D eigenvalue weighted by atomic mass is 16.5. The van der Waals surface area contributed by atoms with Crippen LogP contribution in [0.5, 0.6) is 0 Å². The van der Waals surface area contributed by atoms with Crippen LogP contribution in [-0.4, -0.2) is 30.9 Å². The summed E-state index contributed by atoms with van der Waals surface area (Å²) in [6, 6.07) is 20.2. The number of ether oxygens (including phenoxy) is 1. The van der Waals surface area contributed by atoms with Crippen molar-refractivity contribution in [2.75, 3.05) is 19.7 Å². The molecule has 0 unspecified atom stereocenters. The van der Waals surface area contributed by atoms with Gasteiger partial charge in [-0.05, 0) is 24.1 Å². The van der Waals surface area contributed by atoms with Gasteiger partial charge in [-0.25, -0.2) is 0 Å². The molecule has 0 bridgehead atoms. The molecule has 0 aliphatic carbocycles. The van der Waals surface area contributed by atoms with E-state index in [4.69, 9.17) is 4.74 Å². The predicted octanol–water partition coefficient (Wildman–Crippen LogP) is 3.15. The number of hydrogen-bond donors (Lipinski definition) is 2. The molecule has 3 heteroatoms. The first kappa shape index (κ1) is 16.7. The monoisotopic (exact) mass is 299 g/mol. The van der Waals surface area contributed by atoms with Crippen molar-refractivity contribution < 1.29 is 9.84 Å². The van der Waals surface area contributed by atoms with Crippen LogP contribution < -0.4 is 5.32 Å². The van der Waals surface area contributed by atoms with Gasteiger partial charge in [0.2, 0.25) is 0 Å². The van der Waals surface area contributed by atoms with Gasteiger partial charge in [0.15, 0.2) is 0 Å². The quantitative estimate of drug-likeness (QED) is 0.699. The minimum Gasteiger partial charge on any atom is -0.389 e. The van der Waals surface area contributed by atoms with Crippen molar-refractivity contribution in [2.45, 2.75) is 25.6 Å². The van der Waals surface area contributed by atoms with E-state index in [1.807, 2.05) is 36.4 Å². The Morgan fingerprint density at radius 3 is 2.00 bits per heavy atom. The highest BCUT2D eigenvalue weighted by Gasteiger charge is 2.16. The van der Waals surface area contributed by atoms with E-state index in [2.05, 4.69) is 36.5 Å². The molecule has 118 valence electrons. The van der Waals surface area contributed by atoms with Crippen LogP contribution in [0.2, 0.25) is 0 Å². The molecular weight excluding hydrogens is 274 g/mol. The van der Waals surface area contributed by atoms with Crippen LogP contribution in [0.25, 0.3) is 0 Å². The smallest absolute Gasteiger partial charge is 0.108 e. The van der Waals surface area contributed by atoms with Crippen molar-refractivity contribution in [3.63, 3.8) is 0 Å². The summed E-state index contributed by atoms with van der Waals surface area (Å²) in [7, 11) is 0. The summed E-state index contributed by atoms with van der Waals surface area (Å²) in [4.78, 5) is 0. The van der Waals surface area contributed by atoms with Crippen molar-refractivity contribution in [1.82, 2.24) is 5.32 Å². The Balaban J connectivity index is 2.00. The Morgan fingerprint density at radius 1 is 0.955 bits per heavy atom. The Hall–Kier alpha value is -1.68. The second kappa shape index (κ2) is 9.36. The largest absolute Gasteiger partial charge is 0.389 e. The van der Waals surface area contributed by atoms with E-state index in [0.29, 0.717) is 13.2 Å². The highest BCUT2D eigenvalue weighted by Crippen LogP contribution is 2.25. The molecule has 0 heterocycles. The summed E-state index contributed by atoms with van der Waals surface area (Å²) >= 11 is 0. The van der Waals surface area contributed by atoms with Crippen LogP contribution in [0.4, 0.5) is 0 Å². The molecular formula is C19H25NO2. The summed E-state index contributed by atoms with van der Waals surface area (Å²) in [5.41, 5.74) is 2.20. The Labute approximate surface area is 133 Å². The summed E-state index contributed by atoms with van der Waals surface area (Å²) in [6.07, 6.45) is 0.411. The number of rotatable bonds is 9. The number of aliphatic hydroxyl groups is 1. The topological polar surface area (TPSA) is 41.5 Å². The molecule has 3 nitrogen and oxygen atoms in total. The first-order valence-electron chi connectivity index (χ1n) is 7.91. The zero-order valence-electron chi connectivity index (χ0n) is 13.1. The molecule has 0 aliphatic rings. The van der Waals surface area contributed by atoms with Gasteiger partial charge in [-0.15, -0.1) is 0 Å². The van der Waals surface area contributed by atoms with E-state index in [-0.39, 0.29) is 6.10 Å². The molecule has 0 aromatic heterocycles. The van der Waals surface area contributed by atoms with E-state index in [1.165, 1.54) is 0 Å². The lowest BCUT2D eigenvalue weighted by molar-refractivity contribution is 0.00669. The number of hydrogen-bond acceptors (Lipinski definition) is 3. The van der Waals surface area contributed by atoms with Gasteiger partial charge in [-0.3, -0.25) is 0 Å². The van der Waals surface area contributed by atoms with Crippen LogP contribution in [-0.2, 0) is 4.74 Å². The molecule has 22 heavy (non-hydrogen) atoms. The predicted molar refractivity (Wildman–Crippen MR) is 89.8 cm³/mol. The van der Waals surface area contributed by atoms with Crippen molar-refractivity contribution in [3.8, 4) is 0 Å². The summed E-state index contributed by atoms with van der Waals surface area (Å²) in [5, 5.41) is 13.2. The van der Waals surface area contributed by atoms with Gasteiger partial charge in [0.25, 0.3) is 0 Å². The maximum Gasteiger partial charge on any atom is 0.108 e. The zero-order valence-corrected chi connectivity index (χ0v) is 13.1. The molecule has 0 amide bonds. The lowest BCUT2D eigenvalue weighted by Gasteiger charge is -2.21. The van der Waals surface area contributed by atoms with Crippen molar-refractivity contribution in [2.24, 2.45) is 0 Å². The Morgan fingerprint density at radius 2 is 1.50 bits per heavy atom. The molecule has 1 atom stereocenters. The second-order valence-corrected chi connectivity index (χ2v) is 5.39. The van der Waals surface area contributed by atoms with Gasteiger partial charge in [-0.1, -0.05) is 67.6 Å². The molecule has 0 aliphatic heterocycles. The van der Waals surface area contributed by atoms with Crippen LogP contribution in [0.3, 0.4) is 0 Å². The number of nitrogens with one attached hydrogen (secondary N) is 1. The number of benzene rings is 2. The van der Waals surface area contributed by atoms with Crippen LogP contribution >= 0.6 is 0 Å². The molecule has 0 spiro atoms. The van der Waals surface area contributed by atoms with E-state index < -0.39 is 6.10 Å². The normalized spacial score (nSPS) is 12.5. The van der Waals surface area contributed by atoms with Gasteiger partial charge in [-0.2, -0.15) is 0 Å². The maximum absolute atomic E-state index is 10.0. The van der Waals surface area contributed by atoms with Gasteiger partial charge in [0.1, 0.15) is 6.10 Å². The lowest BCUT2D eigenvalue weighted by atomic mass is 10.0. The molecule has 0 saturated heterocycles. The molecule has 2 N–H and O–H groups in total. The van der Waals surface area contributed by atoms with E-state index in [9.17, 15) is 5.11 Å². The molecule has 0 saturated carbocycles. The van der Waals surface area contributed by atoms with Crippen molar-refractivity contribution in [3.05, 3.63) is 71.8 Å². The molecule has 0 fully saturated rings. The van der Waals surface area contributed by atoms with Gasteiger partial charge >= 0.3 is 0 Å². The average molecular weight is 299 g/mol. The minimum atomic E-state index is -0.499. The van der Waals surface area contributed by atoms with Crippen LogP contribution in [0.15, 0.2) is 60.7 Å². The Bertz CT molecular complexity index is 476. The molecule has 2 aromatic carbocycles.